The van der Waals surface area contributed by atoms with Crippen LogP contribution in [0.25, 0.3) is 26.2 Å². The van der Waals surface area contributed by atoms with Crippen molar-refractivity contribution in [3.63, 3.8) is 0 Å². The molecule has 0 N–H and O–H groups in total. The van der Waals surface area contributed by atoms with E-state index < -0.39 is 0 Å². The Morgan fingerprint density at radius 3 is 3.04 bits per heavy atom. The molecule has 5 nitrogen and oxygen atoms in total. The van der Waals surface area contributed by atoms with Gasteiger partial charge in [-0.05, 0) is 30.5 Å². The Balaban J connectivity index is 1.55. The van der Waals surface area contributed by atoms with Gasteiger partial charge in [0, 0.05) is 46.7 Å². The van der Waals surface area contributed by atoms with Crippen LogP contribution in [0, 0.1) is 0 Å². The molecule has 1 saturated heterocycles. The van der Waals surface area contributed by atoms with Crippen LogP contribution in [-0.4, -0.2) is 45.2 Å². The summed E-state index contributed by atoms with van der Waals surface area (Å²) in [5, 5.41) is 5.86. The Hall–Kier alpha value is -2.44. The van der Waals surface area contributed by atoms with E-state index in [0.29, 0.717) is 5.88 Å². The van der Waals surface area contributed by atoms with E-state index in [1.54, 1.807) is 17.5 Å². The van der Waals surface area contributed by atoms with Crippen LogP contribution in [-0.2, 0) is 0 Å². The first-order chi connectivity index (χ1) is 12.8. The van der Waals surface area contributed by atoms with E-state index in [1.165, 1.54) is 15.0 Å². The molecule has 0 aliphatic carbocycles. The second-order valence-corrected chi connectivity index (χ2v) is 7.75. The van der Waals surface area contributed by atoms with E-state index in [2.05, 4.69) is 52.2 Å². The Morgan fingerprint density at radius 1 is 1.27 bits per heavy atom. The van der Waals surface area contributed by atoms with Crippen molar-refractivity contribution in [3.8, 4) is 16.3 Å². The van der Waals surface area contributed by atoms with E-state index in [1.807, 2.05) is 16.8 Å². The number of thiophene rings is 1. The standard InChI is InChI=1S/C20H20N4OS/c1-2-23-9-7-15(13-23)25-19-12-16(20-21-8-10-24(20)22-19)18-11-14-5-3-4-6-17(14)26-18/h3-6,8,10-12,15H,2,7,9,13H2,1H3. The van der Waals surface area contributed by atoms with E-state index in [9.17, 15) is 0 Å². The summed E-state index contributed by atoms with van der Waals surface area (Å²) >= 11 is 1.78. The van der Waals surface area contributed by atoms with Gasteiger partial charge in [0.25, 0.3) is 0 Å². The Morgan fingerprint density at radius 2 is 2.19 bits per heavy atom. The molecule has 1 fully saturated rings. The van der Waals surface area contributed by atoms with E-state index in [4.69, 9.17) is 4.74 Å². The topological polar surface area (TPSA) is 42.7 Å². The predicted molar refractivity (Wildman–Crippen MR) is 105 cm³/mol. The summed E-state index contributed by atoms with van der Waals surface area (Å²) in [6, 6.07) is 12.7. The SMILES string of the molecule is CCN1CCC(Oc2cc(-c3cc4ccccc4s3)c3nccn3n2)C1. The molecule has 1 unspecified atom stereocenters. The van der Waals surface area contributed by atoms with Crippen molar-refractivity contribution in [2.45, 2.75) is 19.4 Å². The highest BCUT2D eigenvalue weighted by atomic mass is 32.1. The van der Waals surface area contributed by atoms with E-state index >= 15 is 0 Å². The Kier molecular flexibility index (Phi) is 3.87. The van der Waals surface area contributed by atoms with Crippen molar-refractivity contribution in [1.29, 1.82) is 0 Å². The molecule has 26 heavy (non-hydrogen) atoms. The van der Waals surface area contributed by atoms with Crippen LogP contribution in [0.15, 0.2) is 48.8 Å². The first-order valence-corrected chi connectivity index (χ1v) is 9.84. The van der Waals surface area contributed by atoms with Gasteiger partial charge in [-0.2, -0.15) is 0 Å². The molecular weight excluding hydrogens is 344 g/mol. The number of benzene rings is 1. The number of fused-ring (bicyclic) bond motifs is 2. The summed E-state index contributed by atoms with van der Waals surface area (Å²) in [4.78, 5) is 8.11. The van der Waals surface area contributed by atoms with Crippen LogP contribution in [0.3, 0.4) is 0 Å². The minimum Gasteiger partial charge on any atom is -0.472 e. The molecule has 4 aromatic rings. The zero-order chi connectivity index (χ0) is 17.5. The maximum atomic E-state index is 6.22. The molecule has 0 bridgehead atoms. The number of nitrogens with zero attached hydrogens (tertiary/aromatic N) is 4. The number of likely N-dealkylation sites (tertiary alicyclic amines) is 1. The summed E-state index contributed by atoms with van der Waals surface area (Å²) in [6.45, 7) is 5.33. The monoisotopic (exact) mass is 364 g/mol. The van der Waals surface area contributed by atoms with Crippen LogP contribution in [0.5, 0.6) is 5.88 Å². The molecule has 3 aromatic heterocycles. The van der Waals surface area contributed by atoms with E-state index in [0.717, 1.165) is 37.3 Å². The second-order valence-electron chi connectivity index (χ2n) is 6.66. The lowest BCUT2D eigenvalue weighted by Gasteiger charge is -2.15. The van der Waals surface area contributed by atoms with Gasteiger partial charge >= 0.3 is 0 Å². The van der Waals surface area contributed by atoms with Gasteiger partial charge in [-0.15, -0.1) is 16.4 Å². The lowest BCUT2D eigenvalue weighted by molar-refractivity contribution is 0.192. The molecule has 132 valence electrons. The summed E-state index contributed by atoms with van der Waals surface area (Å²) < 4.78 is 9.32. The molecule has 0 radical (unpaired) electrons. The zero-order valence-electron chi connectivity index (χ0n) is 14.6. The summed E-state index contributed by atoms with van der Waals surface area (Å²) in [7, 11) is 0. The maximum absolute atomic E-state index is 6.22. The average molecular weight is 364 g/mol. The van der Waals surface area contributed by atoms with Gasteiger partial charge in [-0.25, -0.2) is 9.50 Å². The second kappa shape index (κ2) is 6.37. The van der Waals surface area contributed by atoms with Gasteiger partial charge in [0.1, 0.15) is 6.10 Å². The molecule has 0 amide bonds. The molecule has 4 heterocycles. The summed E-state index contributed by atoms with van der Waals surface area (Å²) in [6.07, 6.45) is 4.93. The first kappa shape index (κ1) is 15.8. The van der Waals surface area contributed by atoms with Crippen molar-refractivity contribution < 1.29 is 4.74 Å². The van der Waals surface area contributed by atoms with Crippen molar-refractivity contribution in [2.75, 3.05) is 19.6 Å². The maximum Gasteiger partial charge on any atom is 0.232 e. The van der Waals surface area contributed by atoms with Crippen molar-refractivity contribution in [2.24, 2.45) is 0 Å². The average Bonchev–Trinajstić information content (AvgIpc) is 3.39. The molecule has 1 aromatic carbocycles. The van der Waals surface area contributed by atoms with Crippen LogP contribution < -0.4 is 4.74 Å². The normalized spacial score (nSPS) is 18.1. The molecule has 1 atom stereocenters. The van der Waals surface area contributed by atoms with Crippen molar-refractivity contribution >= 4 is 27.1 Å². The number of imidazole rings is 1. The largest absolute Gasteiger partial charge is 0.472 e. The van der Waals surface area contributed by atoms with Crippen LogP contribution in [0.1, 0.15) is 13.3 Å². The zero-order valence-corrected chi connectivity index (χ0v) is 15.4. The number of ether oxygens (including phenoxy) is 1. The van der Waals surface area contributed by atoms with Gasteiger partial charge in [0.15, 0.2) is 5.65 Å². The lowest BCUT2D eigenvalue weighted by atomic mass is 10.2. The Labute approximate surface area is 155 Å². The predicted octanol–water partition coefficient (Wildman–Crippen LogP) is 4.08. The number of rotatable bonds is 4. The third-order valence-corrected chi connectivity index (χ3v) is 6.14. The molecule has 1 aliphatic rings. The minimum atomic E-state index is 0.207. The lowest BCUT2D eigenvalue weighted by Crippen LogP contribution is -2.24. The summed E-state index contributed by atoms with van der Waals surface area (Å²) in [5.74, 6) is 0.672. The minimum absolute atomic E-state index is 0.207. The van der Waals surface area contributed by atoms with Crippen LogP contribution in [0.2, 0.25) is 0 Å². The molecule has 6 heteroatoms. The summed E-state index contributed by atoms with van der Waals surface area (Å²) in [5.41, 5.74) is 1.94. The number of likely N-dealkylation sites (N-methyl/N-ethyl adjacent to an activating group) is 1. The number of aromatic nitrogens is 3. The third kappa shape index (κ3) is 2.75. The van der Waals surface area contributed by atoms with Crippen molar-refractivity contribution in [3.05, 3.63) is 48.8 Å². The fourth-order valence-electron chi connectivity index (χ4n) is 3.60. The smallest absolute Gasteiger partial charge is 0.232 e. The van der Waals surface area contributed by atoms with Gasteiger partial charge in [0.05, 0.1) is 0 Å². The van der Waals surface area contributed by atoms with E-state index in [-0.39, 0.29) is 6.10 Å². The molecule has 0 saturated carbocycles. The molecule has 5 rings (SSSR count). The van der Waals surface area contributed by atoms with Gasteiger partial charge in [-0.3, -0.25) is 4.90 Å². The van der Waals surface area contributed by atoms with Gasteiger partial charge in [0.2, 0.25) is 5.88 Å². The van der Waals surface area contributed by atoms with Crippen molar-refractivity contribution in [1.82, 2.24) is 19.5 Å². The first-order valence-electron chi connectivity index (χ1n) is 9.02. The number of hydrogen-bond donors (Lipinski definition) is 0. The molecular formula is C20H20N4OS. The fourth-order valence-corrected chi connectivity index (χ4v) is 4.67. The van der Waals surface area contributed by atoms with Crippen LogP contribution in [0.4, 0.5) is 0 Å². The number of hydrogen-bond acceptors (Lipinski definition) is 5. The van der Waals surface area contributed by atoms with Gasteiger partial charge < -0.3 is 4.74 Å². The highest BCUT2D eigenvalue weighted by molar-refractivity contribution is 7.22. The quantitative estimate of drug-likeness (QED) is 0.547. The van der Waals surface area contributed by atoms with Crippen LogP contribution >= 0.6 is 11.3 Å². The molecule has 1 aliphatic heterocycles. The third-order valence-electron chi connectivity index (χ3n) is 4.99. The highest BCUT2D eigenvalue weighted by Gasteiger charge is 2.24. The fraction of sp³-hybridized carbons (Fsp3) is 0.300. The Bertz CT molecular complexity index is 1040. The van der Waals surface area contributed by atoms with Gasteiger partial charge in [-0.1, -0.05) is 25.1 Å². The highest BCUT2D eigenvalue weighted by Crippen LogP contribution is 2.36. The molecule has 0 spiro atoms.